The molecule has 0 saturated carbocycles. The molecule has 2 N–H and O–H groups in total. The molecule has 0 aliphatic rings. The second-order valence-corrected chi connectivity index (χ2v) is 3.42. The summed E-state index contributed by atoms with van der Waals surface area (Å²) in [4.78, 5) is 10.7. The van der Waals surface area contributed by atoms with E-state index in [2.05, 4.69) is 5.32 Å². The van der Waals surface area contributed by atoms with Crippen molar-refractivity contribution in [3.05, 3.63) is 29.8 Å². The molecule has 1 unspecified atom stereocenters. The highest BCUT2D eigenvalue weighted by Crippen LogP contribution is 2.11. The fourth-order valence-electron chi connectivity index (χ4n) is 1.35. The molecule has 1 aromatic rings. The van der Waals surface area contributed by atoms with Gasteiger partial charge in [0.15, 0.2) is 0 Å². The van der Waals surface area contributed by atoms with E-state index in [1.54, 1.807) is 24.3 Å². The average Bonchev–Trinajstić information content (AvgIpc) is 2.19. The lowest BCUT2D eigenvalue weighted by molar-refractivity contribution is -0.119. The molecule has 1 aromatic carbocycles. The molecule has 15 heavy (non-hydrogen) atoms. The third-order valence-electron chi connectivity index (χ3n) is 2.01. The highest BCUT2D eigenvalue weighted by Gasteiger charge is 2.10. The van der Waals surface area contributed by atoms with Gasteiger partial charge in [0.05, 0.1) is 6.04 Å². The van der Waals surface area contributed by atoms with E-state index in [9.17, 15) is 9.18 Å². The maximum absolute atomic E-state index is 12.5. The lowest BCUT2D eigenvalue weighted by atomic mass is 10.1. The Kier molecular flexibility index (Phi) is 4.09. The second kappa shape index (κ2) is 5.34. The fraction of sp³-hybridized carbons (Fsp3) is 0.364. The van der Waals surface area contributed by atoms with E-state index in [1.807, 2.05) is 0 Å². The number of hydrogen-bond donors (Lipinski definition) is 2. The van der Waals surface area contributed by atoms with Gasteiger partial charge in [-0.2, -0.15) is 0 Å². The van der Waals surface area contributed by atoms with Gasteiger partial charge in [-0.1, -0.05) is 12.1 Å². The first-order valence-electron chi connectivity index (χ1n) is 4.73. The molecular weight excluding hydrogens is 197 g/mol. The lowest BCUT2D eigenvalue weighted by Gasteiger charge is -2.13. The van der Waals surface area contributed by atoms with Crippen molar-refractivity contribution in [1.29, 1.82) is 0 Å². The number of amides is 1. The van der Waals surface area contributed by atoms with Gasteiger partial charge >= 0.3 is 0 Å². The summed E-state index contributed by atoms with van der Waals surface area (Å²) in [5.41, 5.74) is 0.879. The Morgan fingerprint density at radius 3 is 2.53 bits per heavy atom. The van der Waals surface area contributed by atoms with E-state index >= 15 is 0 Å². The number of aromatic hydroxyl groups is 1. The van der Waals surface area contributed by atoms with Crippen molar-refractivity contribution in [2.75, 3.05) is 6.67 Å². The topological polar surface area (TPSA) is 49.3 Å². The number of nitrogens with one attached hydrogen (secondary N) is 1. The Labute approximate surface area is 87.9 Å². The number of hydrogen-bond acceptors (Lipinski definition) is 2. The first-order chi connectivity index (χ1) is 7.11. The molecular formula is C11H14FNO2. The third kappa shape index (κ3) is 3.97. The van der Waals surface area contributed by atoms with Gasteiger partial charge in [0.2, 0.25) is 5.91 Å². The van der Waals surface area contributed by atoms with Gasteiger partial charge in [0.25, 0.3) is 0 Å². The number of halogens is 1. The lowest BCUT2D eigenvalue weighted by Crippen LogP contribution is -2.36. The Morgan fingerprint density at radius 2 is 2.07 bits per heavy atom. The Hall–Kier alpha value is -1.58. The monoisotopic (exact) mass is 211 g/mol. The van der Waals surface area contributed by atoms with Crippen molar-refractivity contribution < 1.29 is 14.3 Å². The van der Waals surface area contributed by atoms with Crippen molar-refractivity contribution in [1.82, 2.24) is 5.32 Å². The zero-order valence-corrected chi connectivity index (χ0v) is 8.53. The van der Waals surface area contributed by atoms with Crippen LogP contribution in [0.5, 0.6) is 5.75 Å². The minimum atomic E-state index is -0.597. The summed E-state index contributed by atoms with van der Waals surface area (Å²) < 4.78 is 12.5. The van der Waals surface area contributed by atoms with Crippen molar-refractivity contribution in [2.45, 2.75) is 19.4 Å². The maximum Gasteiger partial charge on any atom is 0.217 e. The predicted octanol–water partition coefficient (Wildman–Crippen LogP) is 1.41. The number of phenols is 1. The molecule has 0 spiro atoms. The zero-order valence-electron chi connectivity index (χ0n) is 8.53. The summed E-state index contributed by atoms with van der Waals surface area (Å²) in [5.74, 6) is -0.0634. The summed E-state index contributed by atoms with van der Waals surface area (Å²) in [5, 5.41) is 11.6. The smallest absolute Gasteiger partial charge is 0.217 e. The molecule has 0 radical (unpaired) electrons. The number of carbonyl (C=O) groups excluding carboxylic acids is 1. The van der Waals surface area contributed by atoms with Crippen molar-refractivity contribution in [3.8, 4) is 5.75 Å². The van der Waals surface area contributed by atoms with Gasteiger partial charge in [0, 0.05) is 6.92 Å². The third-order valence-corrected chi connectivity index (χ3v) is 2.01. The van der Waals surface area contributed by atoms with Crippen LogP contribution in [0.2, 0.25) is 0 Å². The summed E-state index contributed by atoms with van der Waals surface area (Å²) in [7, 11) is 0. The Morgan fingerprint density at radius 1 is 1.47 bits per heavy atom. The van der Waals surface area contributed by atoms with Crippen molar-refractivity contribution in [2.24, 2.45) is 0 Å². The van der Waals surface area contributed by atoms with Crippen LogP contribution in [-0.2, 0) is 11.2 Å². The van der Waals surface area contributed by atoms with Crippen LogP contribution in [-0.4, -0.2) is 23.7 Å². The van der Waals surface area contributed by atoms with Gasteiger partial charge in [-0.3, -0.25) is 4.79 Å². The van der Waals surface area contributed by atoms with E-state index in [0.29, 0.717) is 6.42 Å². The minimum absolute atomic E-state index is 0.176. The van der Waals surface area contributed by atoms with Gasteiger partial charge < -0.3 is 10.4 Å². The summed E-state index contributed by atoms with van der Waals surface area (Å²) in [6.45, 7) is 0.764. The Bertz CT molecular complexity index is 324. The maximum atomic E-state index is 12.5. The molecule has 1 atom stereocenters. The van der Waals surface area contributed by atoms with E-state index < -0.39 is 12.7 Å². The van der Waals surface area contributed by atoms with E-state index in [0.717, 1.165) is 5.56 Å². The van der Waals surface area contributed by atoms with E-state index in [4.69, 9.17) is 5.11 Å². The standard InChI is InChI=1S/C11H14FNO2/c1-8(14)13-10(7-12)6-9-2-4-11(15)5-3-9/h2-5,10,15H,6-7H2,1H3,(H,13,14). The van der Waals surface area contributed by atoms with Crippen LogP contribution in [0.4, 0.5) is 4.39 Å². The molecule has 0 heterocycles. The average molecular weight is 211 g/mol. The number of rotatable bonds is 4. The molecule has 0 aliphatic heterocycles. The molecule has 1 amide bonds. The van der Waals surface area contributed by atoms with Crippen LogP contribution in [0, 0.1) is 0 Å². The highest BCUT2D eigenvalue weighted by atomic mass is 19.1. The first-order valence-corrected chi connectivity index (χ1v) is 4.73. The first kappa shape index (κ1) is 11.5. The summed E-state index contributed by atoms with van der Waals surface area (Å²) >= 11 is 0. The molecule has 82 valence electrons. The van der Waals surface area contributed by atoms with Crippen molar-refractivity contribution in [3.63, 3.8) is 0 Å². The highest BCUT2D eigenvalue weighted by molar-refractivity contribution is 5.73. The molecule has 0 fully saturated rings. The number of phenolic OH excluding ortho intramolecular Hbond substituents is 1. The van der Waals surface area contributed by atoms with Crippen LogP contribution in [0.3, 0.4) is 0 Å². The SMILES string of the molecule is CC(=O)NC(CF)Cc1ccc(O)cc1. The van der Waals surface area contributed by atoms with E-state index in [-0.39, 0.29) is 11.7 Å². The largest absolute Gasteiger partial charge is 0.508 e. The van der Waals surface area contributed by atoms with Crippen LogP contribution in [0.1, 0.15) is 12.5 Å². The minimum Gasteiger partial charge on any atom is -0.508 e. The van der Waals surface area contributed by atoms with Crippen LogP contribution >= 0.6 is 0 Å². The second-order valence-electron chi connectivity index (χ2n) is 3.42. The van der Waals surface area contributed by atoms with Crippen LogP contribution < -0.4 is 5.32 Å². The van der Waals surface area contributed by atoms with Crippen molar-refractivity contribution >= 4 is 5.91 Å². The number of alkyl halides is 1. The molecule has 3 nitrogen and oxygen atoms in total. The fourth-order valence-corrected chi connectivity index (χ4v) is 1.35. The summed E-state index contributed by atoms with van der Waals surface area (Å²) in [6.07, 6.45) is 0.427. The Balaban J connectivity index is 2.58. The molecule has 1 rings (SSSR count). The van der Waals surface area contributed by atoms with Gasteiger partial charge in [-0.15, -0.1) is 0 Å². The van der Waals surface area contributed by atoms with Gasteiger partial charge in [0.1, 0.15) is 12.4 Å². The molecule has 0 saturated heterocycles. The normalized spacial score (nSPS) is 12.1. The number of benzene rings is 1. The molecule has 0 aromatic heterocycles. The van der Waals surface area contributed by atoms with Gasteiger partial charge in [-0.25, -0.2) is 4.39 Å². The summed E-state index contributed by atoms with van der Waals surface area (Å²) in [6, 6.07) is 6.00. The predicted molar refractivity (Wildman–Crippen MR) is 55.4 cm³/mol. The number of carbonyl (C=O) groups is 1. The quantitative estimate of drug-likeness (QED) is 0.791. The van der Waals surface area contributed by atoms with Gasteiger partial charge in [-0.05, 0) is 24.1 Å². The van der Waals surface area contributed by atoms with Crippen LogP contribution in [0.15, 0.2) is 24.3 Å². The molecule has 0 bridgehead atoms. The molecule has 4 heteroatoms. The van der Waals surface area contributed by atoms with Crippen LogP contribution in [0.25, 0.3) is 0 Å². The van der Waals surface area contributed by atoms with E-state index in [1.165, 1.54) is 6.92 Å². The zero-order chi connectivity index (χ0) is 11.3. The molecule has 0 aliphatic carbocycles.